The molecule has 1 heterocycles. The lowest BCUT2D eigenvalue weighted by Crippen LogP contribution is -2.53. The van der Waals surface area contributed by atoms with Crippen molar-refractivity contribution in [1.29, 1.82) is 0 Å². The number of ether oxygens (including phenoxy) is 1. The zero-order valence-electron chi connectivity index (χ0n) is 11.5. The lowest BCUT2D eigenvalue weighted by Gasteiger charge is -2.45. The van der Waals surface area contributed by atoms with Gasteiger partial charge in [0.1, 0.15) is 0 Å². The highest BCUT2D eigenvalue weighted by Crippen LogP contribution is 2.39. The quantitative estimate of drug-likeness (QED) is 0.830. The van der Waals surface area contributed by atoms with E-state index in [1.54, 1.807) is 0 Å². The van der Waals surface area contributed by atoms with E-state index in [2.05, 4.69) is 45.0 Å². The molecule has 3 heteroatoms. The molecule has 0 atom stereocenters. The van der Waals surface area contributed by atoms with Gasteiger partial charge in [-0.25, -0.2) is 0 Å². The third-order valence-corrected chi connectivity index (χ3v) is 4.22. The van der Waals surface area contributed by atoms with E-state index in [0.717, 1.165) is 25.4 Å². The maximum absolute atomic E-state index is 6.19. The van der Waals surface area contributed by atoms with Crippen LogP contribution in [-0.2, 0) is 10.2 Å². The Hall–Kier alpha value is -0.510. The Balaban J connectivity index is 2.17. The van der Waals surface area contributed by atoms with Crippen molar-refractivity contribution in [2.45, 2.75) is 43.0 Å². The van der Waals surface area contributed by atoms with Crippen LogP contribution in [0.5, 0.6) is 0 Å². The fourth-order valence-electron chi connectivity index (χ4n) is 2.66. The summed E-state index contributed by atoms with van der Waals surface area (Å²) in [5.41, 5.74) is 7.54. The molecule has 2 N–H and O–H groups in total. The Morgan fingerprint density at radius 3 is 2.28 bits per heavy atom. The largest absolute Gasteiger partial charge is 0.379 e. The van der Waals surface area contributed by atoms with Gasteiger partial charge in [0.2, 0.25) is 0 Å². The van der Waals surface area contributed by atoms with Crippen molar-refractivity contribution in [2.75, 3.05) is 19.0 Å². The molecule has 2 rings (SSSR count). The van der Waals surface area contributed by atoms with Crippen LogP contribution in [0.2, 0.25) is 0 Å². The summed E-state index contributed by atoms with van der Waals surface area (Å²) < 4.78 is 5.46. The lowest BCUT2D eigenvalue weighted by molar-refractivity contribution is -0.0719. The minimum absolute atomic E-state index is 0.133. The number of rotatable bonds is 5. The van der Waals surface area contributed by atoms with Crippen molar-refractivity contribution in [3.63, 3.8) is 0 Å². The average molecular weight is 265 g/mol. The molecule has 0 aliphatic carbocycles. The molecule has 0 bridgehead atoms. The van der Waals surface area contributed by atoms with E-state index >= 15 is 0 Å². The summed E-state index contributed by atoms with van der Waals surface area (Å²) >= 11 is 1.88. The molecule has 0 unspecified atom stereocenters. The Bertz CT molecular complexity index is 390. The summed E-state index contributed by atoms with van der Waals surface area (Å²) in [5, 5.41) is 0. The predicted molar refractivity (Wildman–Crippen MR) is 78.2 cm³/mol. The molecule has 100 valence electrons. The van der Waals surface area contributed by atoms with E-state index in [1.807, 2.05) is 11.8 Å². The Kier molecular flexibility index (Phi) is 4.05. The summed E-state index contributed by atoms with van der Waals surface area (Å²) in [5.74, 6) is 1.11. The first kappa shape index (κ1) is 13.9. The second-order valence-electron chi connectivity index (χ2n) is 5.90. The smallest absolute Gasteiger partial charge is 0.0586 e. The first-order chi connectivity index (χ1) is 8.45. The SMILES string of the molecule is CCSc1ccc(C2(CC(C)(C)N)COC2)cc1. The number of benzene rings is 1. The van der Waals surface area contributed by atoms with Crippen LogP contribution in [0.4, 0.5) is 0 Å². The summed E-state index contributed by atoms with van der Waals surface area (Å²) in [6.45, 7) is 7.96. The van der Waals surface area contributed by atoms with Gasteiger partial charge in [0.25, 0.3) is 0 Å². The number of thioether (sulfide) groups is 1. The Morgan fingerprint density at radius 1 is 1.28 bits per heavy atom. The molecule has 1 aliphatic rings. The third kappa shape index (κ3) is 3.08. The third-order valence-electron chi connectivity index (χ3n) is 3.33. The fraction of sp³-hybridized carbons (Fsp3) is 0.600. The summed E-state index contributed by atoms with van der Waals surface area (Å²) in [4.78, 5) is 1.34. The second kappa shape index (κ2) is 5.24. The van der Waals surface area contributed by atoms with Gasteiger partial charge in [-0.3, -0.25) is 0 Å². The van der Waals surface area contributed by atoms with Crippen molar-refractivity contribution < 1.29 is 4.74 Å². The van der Waals surface area contributed by atoms with E-state index in [-0.39, 0.29) is 11.0 Å². The van der Waals surface area contributed by atoms with Gasteiger partial charge in [0.05, 0.1) is 13.2 Å². The summed E-state index contributed by atoms with van der Waals surface area (Å²) in [7, 11) is 0. The molecule has 0 radical (unpaired) electrons. The van der Waals surface area contributed by atoms with Gasteiger partial charge in [-0.05, 0) is 43.7 Å². The van der Waals surface area contributed by atoms with Crippen LogP contribution in [0.15, 0.2) is 29.2 Å². The number of hydrogen-bond donors (Lipinski definition) is 1. The predicted octanol–water partition coefficient (Wildman–Crippen LogP) is 3.19. The zero-order valence-corrected chi connectivity index (χ0v) is 12.3. The van der Waals surface area contributed by atoms with Crippen LogP contribution >= 0.6 is 11.8 Å². The minimum atomic E-state index is -0.152. The van der Waals surface area contributed by atoms with E-state index < -0.39 is 0 Å². The van der Waals surface area contributed by atoms with Gasteiger partial charge in [-0.2, -0.15) is 0 Å². The first-order valence-corrected chi connectivity index (χ1v) is 7.54. The molecule has 2 nitrogen and oxygen atoms in total. The zero-order chi connectivity index (χ0) is 13.2. The van der Waals surface area contributed by atoms with Gasteiger partial charge < -0.3 is 10.5 Å². The maximum Gasteiger partial charge on any atom is 0.0586 e. The molecule has 0 amide bonds. The average Bonchev–Trinajstić information content (AvgIpc) is 2.24. The monoisotopic (exact) mass is 265 g/mol. The Morgan fingerprint density at radius 2 is 1.89 bits per heavy atom. The lowest BCUT2D eigenvalue weighted by atomic mass is 9.71. The topological polar surface area (TPSA) is 35.2 Å². The maximum atomic E-state index is 6.19. The van der Waals surface area contributed by atoms with Crippen LogP contribution < -0.4 is 5.73 Å². The van der Waals surface area contributed by atoms with Crippen molar-refractivity contribution in [1.82, 2.24) is 0 Å². The standard InChI is InChI=1S/C15H23NOS/c1-4-18-13-7-5-12(6-8-13)15(10-17-11-15)9-14(2,3)16/h5-8H,4,9-11,16H2,1-3H3. The molecule has 0 aromatic heterocycles. The molecule has 0 saturated carbocycles. The Labute approximate surface area is 114 Å². The van der Waals surface area contributed by atoms with Crippen molar-refractivity contribution in [3.05, 3.63) is 29.8 Å². The highest BCUT2D eigenvalue weighted by atomic mass is 32.2. The molecular weight excluding hydrogens is 242 g/mol. The van der Waals surface area contributed by atoms with Crippen molar-refractivity contribution in [3.8, 4) is 0 Å². The molecule has 18 heavy (non-hydrogen) atoms. The highest BCUT2D eigenvalue weighted by Gasteiger charge is 2.43. The molecule has 1 fully saturated rings. The van der Waals surface area contributed by atoms with E-state index in [1.165, 1.54) is 10.5 Å². The molecule has 1 saturated heterocycles. The summed E-state index contributed by atoms with van der Waals surface area (Å²) in [6, 6.07) is 8.92. The van der Waals surface area contributed by atoms with Gasteiger partial charge in [0.15, 0.2) is 0 Å². The van der Waals surface area contributed by atoms with E-state index in [4.69, 9.17) is 10.5 Å². The van der Waals surface area contributed by atoms with Crippen molar-refractivity contribution >= 4 is 11.8 Å². The molecule has 1 aliphatic heterocycles. The number of nitrogens with two attached hydrogens (primary N) is 1. The first-order valence-electron chi connectivity index (χ1n) is 6.55. The van der Waals surface area contributed by atoms with E-state index in [0.29, 0.717) is 0 Å². The van der Waals surface area contributed by atoms with Gasteiger partial charge in [-0.1, -0.05) is 19.1 Å². The summed E-state index contributed by atoms with van der Waals surface area (Å²) in [6.07, 6.45) is 0.972. The van der Waals surface area contributed by atoms with Gasteiger partial charge in [0, 0.05) is 15.8 Å². The molecule has 1 aromatic carbocycles. The second-order valence-corrected chi connectivity index (χ2v) is 7.23. The number of hydrogen-bond acceptors (Lipinski definition) is 3. The molecule has 0 spiro atoms. The van der Waals surface area contributed by atoms with Crippen LogP contribution in [0.1, 0.15) is 32.8 Å². The van der Waals surface area contributed by atoms with E-state index in [9.17, 15) is 0 Å². The molecular formula is C15H23NOS. The van der Waals surface area contributed by atoms with Gasteiger partial charge >= 0.3 is 0 Å². The normalized spacial score (nSPS) is 18.4. The van der Waals surface area contributed by atoms with Crippen LogP contribution in [0.25, 0.3) is 0 Å². The van der Waals surface area contributed by atoms with Crippen molar-refractivity contribution in [2.24, 2.45) is 5.73 Å². The molecule has 1 aromatic rings. The highest BCUT2D eigenvalue weighted by molar-refractivity contribution is 7.99. The van der Waals surface area contributed by atoms with Crippen LogP contribution in [0, 0.1) is 0 Å². The van der Waals surface area contributed by atoms with Crippen LogP contribution in [-0.4, -0.2) is 24.5 Å². The fourth-order valence-corrected chi connectivity index (χ4v) is 3.32. The van der Waals surface area contributed by atoms with Crippen LogP contribution in [0.3, 0.4) is 0 Å². The van der Waals surface area contributed by atoms with Gasteiger partial charge in [-0.15, -0.1) is 11.8 Å². The minimum Gasteiger partial charge on any atom is -0.379 e.